The van der Waals surface area contributed by atoms with Crippen molar-refractivity contribution in [3.8, 4) is 74.0 Å². The number of fused-ring (bicyclic) bond motifs is 4. The normalized spacial score (nSPS) is 16.1. The van der Waals surface area contributed by atoms with Gasteiger partial charge in [-0.05, 0) is 72.6 Å². The molecule has 0 bridgehead atoms. The lowest BCUT2D eigenvalue weighted by Gasteiger charge is -2.44. The fraction of sp³-hybridized carbons (Fsp3) is 0.0588. The average molecular weight is 577 g/mol. The van der Waals surface area contributed by atoms with Crippen LogP contribution in [0.25, 0.3) is 34.4 Å². The first kappa shape index (κ1) is 26.0. The largest absolute Gasteiger partial charge is 0.508 e. The predicted octanol–water partition coefficient (Wildman–Crippen LogP) is 6.42. The minimum atomic E-state index is -1.93. The molecule has 0 radical (unpaired) electrons. The maximum absolute atomic E-state index is 11.4. The highest BCUT2D eigenvalue weighted by Crippen LogP contribution is 2.62. The molecule has 1 atom stereocenters. The van der Waals surface area contributed by atoms with Crippen LogP contribution in [-0.2, 0) is 5.79 Å². The summed E-state index contributed by atoms with van der Waals surface area (Å²) in [6.45, 7) is 1.72. The van der Waals surface area contributed by atoms with Crippen molar-refractivity contribution in [2.75, 3.05) is 0 Å². The van der Waals surface area contributed by atoms with E-state index in [-0.39, 0.29) is 57.3 Å². The SMILES string of the molecule is Cc1cc2c3c(c1O)-c1ccc(O)cc1OC3(c1ccc(O)cc1O)Oc1cc(/C=C/c3ccc(O)cc3O)cc(O)c1-2. The number of aromatic hydroxyl groups is 7. The summed E-state index contributed by atoms with van der Waals surface area (Å²) in [4.78, 5) is 0. The van der Waals surface area contributed by atoms with Crippen LogP contribution in [0.3, 0.4) is 0 Å². The van der Waals surface area contributed by atoms with Gasteiger partial charge in [0.25, 0.3) is 0 Å². The third kappa shape index (κ3) is 3.86. The van der Waals surface area contributed by atoms with Crippen LogP contribution in [0, 0.1) is 6.92 Å². The molecule has 1 unspecified atom stereocenters. The summed E-state index contributed by atoms with van der Waals surface area (Å²) in [7, 11) is 0. The second-order valence-corrected chi connectivity index (χ2v) is 10.5. The molecule has 0 fully saturated rings. The van der Waals surface area contributed by atoms with Crippen molar-refractivity contribution >= 4 is 12.2 Å². The molecule has 5 aromatic rings. The standard InChI is InChI=1S/C34H24O9/c1-16-10-23-30-27(40)11-17(2-3-18-4-5-19(35)13-25(18)38)12-29(30)43-34(24-9-7-20(36)14-26(24)39)32(23)31(33(16)41)22-8-6-21(37)15-28(22)42-34/h2-15,35-41H,1H3/b3-2+. The van der Waals surface area contributed by atoms with Gasteiger partial charge in [-0.3, -0.25) is 0 Å². The van der Waals surface area contributed by atoms with E-state index >= 15 is 0 Å². The highest BCUT2D eigenvalue weighted by Gasteiger charge is 2.53. The van der Waals surface area contributed by atoms with Crippen LogP contribution < -0.4 is 9.47 Å². The molecule has 2 heterocycles. The van der Waals surface area contributed by atoms with Crippen molar-refractivity contribution in [3.05, 3.63) is 101 Å². The fourth-order valence-electron chi connectivity index (χ4n) is 5.81. The number of benzene rings is 5. The number of ether oxygens (including phenoxy) is 2. The van der Waals surface area contributed by atoms with Gasteiger partial charge in [0.05, 0.1) is 16.7 Å². The molecule has 9 nitrogen and oxygen atoms in total. The Morgan fingerprint density at radius 2 is 1.26 bits per heavy atom. The molecular weight excluding hydrogens is 552 g/mol. The average Bonchev–Trinajstić information content (AvgIpc) is 2.94. The van der Waals surface area contributed by atoms with Gasteiger partial charge in [-0.15, -0.1) is 0 Å². The number of hydrogen-bond donors (Lipinski definition) is 7. The monoisotopic (exact) mass is 576 g/mol. The Kier molecular flexibility index (Phi) is 5.45. The van der Waals surface area contributed by atoms with Crippen molar-refractivity contribution in [2.24, 2.45) is 0 Å². The van der Waals surface area contributed by atoms with Crippen LogP contribution in [0.4, 0.5) is 0 Å². The number of aryl methyl sites for hydroxylation is 1. The molecule has 9 heteroatoms. The van der Waals surface area contributed by atoms with E-state index < -0.39 is 5.79 Å². The zero-order valence-corrected chi connectivity index (χ0v) is 22.5. The molecule has 2 aliphatic rings. The Hall–Kier alpha value is -5.96. The topological polar surface area (TPSA) is 160 Å². The van der Waals surface area contributed by atoms with Crippen LogP contribution in [0.15, 0.2) is 72.8 Å². The third-order valence-electron chi connectivity index (χ3n) is 7.74. The summed E-state index contributed by atoms with van der Waals surface area (Å²) in [5.41, 5.74) is 3.42. The minimum Gasteiger partial charge on any atom is -0.508 e. The quantitative estimate of drug-likeness (QED) is 0.120. The number of phenolic OH excluding ortho intramolecular Hbond substituents is 7. The molecule has 0 saturated carbocycles. The summed E-state index contributed by atoms with van der Waals surface area (Å²) < 4.78 is 13.1. The first-order chi connectivity index (χ1) is 20.6. The Bertz CT molecular complexity index is 2030. The molecule has 0 amide bonds. The van der Waals surface area contributed by atoms with E-state index in [2.05, 4.69) is 0 Å². The Balaban J connectivity index is 1.51. The van der Waals surface area contributed by atoms with Crippen LogP contribution in [0.1, 0.15) is 27.8 Å². The first-order valence-corrected chi connectivity index (χ1v) is 13.2. The molecule has 43 heavy (non-hydrogen) atoms. The molecule has 7 rings (SSSR count). The highest BCUT2D eigenvalue weighted by atomic mass is 16.7. The molecule has 2 aliphatic heterocycles. The lowest BCUT2D eigenvalue weighted by molar-refractivity contribution is -0.0894. The molecule has 0 aromatic heterocycles. The molecule has 0 spiro atoms. The van der Waals surface area contributed by atoms with Crippen molar-refractivity contribution in [2.45, 2.75) is 12.7 Å². The highest BCUT2D eigenvalue weighted by molar-refractivity contribution is 5.95. The zero-order chi connectivity index (χ0) is 30.2. The van der Waals surface area contributed by atoms with Gasteiger partial charge < -0.3 is 45.2 Å². The van der Waals surface area contributed by atoms with Crippen molar-refractivity contribution < 1.29 is 45.2 Å². The van der Waals surface area contributed by atoms with E-state index in [9.17, 15) is 35.7 Å². The predicted molar refractivity (Wildman–Crippen MR) is 158 cm³/mol. The molecule has 7 N–H and O–H groups in total. The Morgan fingerprint density at radius 3 is 2.00 bits per heavy atom. The summed E-state index contributed by atoms with van der Waals surface area (Å²) >= 11 is 0. The van der Waals surface area contributed by atoms with E-state index in [0.29, 0.717) is 44.5 Å². The number of phenols is 7. The Labute approximate surface area is 244 Å². The molecule has 0 saturated heterocycles. The van der Waals surface area contributed by atoms with Crippen molar-refractivity contribution in [1.82, 2.24) is 0 Å². The molecular formula is C34H24O9. The minimum absolute atomic E-state index is 0.0727. The fourth-order valence-corrected chi connectivity index (χ4v) is 5.81. The smallest absolute Gasteiger partial charge is 0.310 e. The lowest BCUT2D eigenvalue weighted by atomic mass is 9.78. The van der Waals surface area contributed by atoms with Crippen LogP contribution >= 0.6 is 0 Å². The maximum atomic E-state index is 11.4. The van der Waals surface area contributed by atoms with Crippen LogP contribution in [0.5, 0.6) is 51.7 Å². The molecule has 0 aliphatic carbocycles. The van der Waals surface area contributed by atoms with Gasteiger partial charge in [0.2, 0.25) is 0 Å². The van der Waals surface area contributed by atoms with Gasteiger partial charge in [-0.1, -0.05) is 12.2 Å². The van der Waals surface area contributed by atoms with E-state index in [4.69, 9.17) is 9.47 Å². The molecule has 5 aromatic carbocycles. The zero-order valence-electron chi connectivity index (χ0n) is 22.5. The lowest BCUT2D eigenvalue weighted by Crippen LogP contribution is -2.45. The Morgan fingerprint density at radius 1 is 0.581 bits per heavy atom. The number of rotatable bonds is 3. The van der Waals surface area contributed by atoms with E-state index in [1.165, 1.54) is 48.5 Å². The van der Waals surface area contributed by atoms with E-state index in [0.717, 1.165) is 6.07 Å². The summed E-state index contributed by atoms with van der Waals surface area (Å²) in [6, 6.07) is 17.4. The van der Waals surface area contributed by atoms with Gasteiger partial charge in [0.1, 0.15) is 51.7 Å². The number of hydrogen-bond acceptors (Lipinski definition) is 9. The van der Waals surface area contributed by atoms with E-state index in [1.54, 1.807) is 37.3 Å². The van der Waals surface area contributed by atoms with Crippen molar-refractivity contribution in [3.63, 3.8) is 0 Å². The third-order valence-corrected chi connectivity index (χ3v) is 7.74. The van der Waals surface area contributed by atoms with Gasteiger partial charge >= 0.3 is 5.79 Å². The summed E-state index contributed by atoms with van der Waals surface area (Å²) in [5.74, 6) is -2.66. The van der Waals surface area contributed by atoms with Gasteiger partial charge in [-0.2, -0.15) is 0 Å². The first-order valence-electron chi connectivity index (χ1n) is 13.2. The summed E-state index contributed by atoms with van der Waals surface area (Å²) in [5, 5.41) is 74.0. The second-order valence-electron chi connectivity index (χ2n) is 10.5. The molecule has 214 valence electrons. The van der Waals surface area contributed by atoms with Crippen LogP contribution in [0.2, 0.25) is 0 Å². The van der Waals surface area contributed by atoms with Crippen molar-refractivity contribution in [1.29, 1.82) is 0 Å². The van der Waals surface area contributed by atoms with Gasteiger partial charge in [0.15, 0.2) is 0 Å². The van der Waals surface area contributed by atoms with Gasteiger partial charge in [-0.25, -0.2) is 0 Å². The maximum Gasteiger partial charge on any atom is 0.310 e. The van der Waals surface area contributed by atoms with E-state index in [1.807, 2.05) is 0 Å². The van der Waals surface area contributed by atoms with Gasteiger partial charge in [0, 0.05) is 40.5 Å². The van der Waals surface area contributed by atoms with Crippen LogP contribution in [-0.4, -0.2) is 35.7 Å². The second kappa shape index (κ2) is 9.02. The summed E-state index contributed by atoms with van der Waals surface area (Å²) in [6.07, 6.45) is 3.24.